The van der Waals surface area contributed by atoms with E-state index in [1.165, 1.54) is 12.1 Å². The SMILES string of the molecule is CCC(C)[C@H](NC(=O)Cc1ccccc1F)C(N[C@]1(C(=O)N[C@H](NC(=O)Cc2ccncc2)[C@@H](C)CC)CCc2[nH]c3c(C(F)(F)F)cccc3c2C1)=C1CC1. The number of halogens is 4. The number of para-hydroxylation sites is 1. The van der Waals surface area contributed by atoms with Crippen molar-refractivity contribution >= 4 is 28.6 Å². The fourth-order valence-electron chi connectivity index (χ4n) is 7.56. The summed E-state index contributed by atoms with van der Waals surface area (Å²) >= 11 is 0. The number of aromatic amines is 1. The fraction of sp³-hybridized carbons (Fsp3) is 0.442. The number of hydrogen-bond donors (Lipinski definition) is 5. The largest absolute Gasteiger partial charge is 0.418 e. The van der Waals surface area contributed by atoms with Crippen LogP contribution in [-0.2, 0) is 46.2 Å². The lowest BCUT2D eigenvalue weighted by molar-refractivity contribution is -0.136. The van der Waals surface area contributed by atoms with Crippen LogP contribution in [0.5, 0.6) is 0 Å². The van der Waals surface area contributed by atoms with Gasteiger partial charge in [-0.1, -0.05) is 64.4 Å². The van der Waals surface area contributed by atoms with Crippen LogP contribution in [0, 0.1) is 17.7 Å². The van der Waals surface area contributed by atoms with E-state index in [1.807, 2.05) is 27.7 Å². The first kappa shape index (κ1) is 40.5. The van der Waals surface area contributed by atoms with Crippen molar-refractivity contribution in [2.45, 2.75) is 109 Å². The van der Waals surface area contributed by atoms with Crippen LogP contribution in [0.3, 0.4) is 0 Å². The Morgan fingerprint density at radius 2 is 1.55 bits per heavy atom. The molecule has 2 aliphatic carbocycles. The smallest absolute Gasteiger partial charge is 0.373 e. The van der Waals surface area contributed by atoms with E-state index in [1.54, 1.807) is 48.8 Å². The summed E-state index contributed by atoms with van der Waals surface area (Å²) in [5.74, 6) is -1.84. The van der Waals surface area contributed by atoms with E-state index in [4.69, 9.17) is 0 Å². The first-order valence-electron chi connectivity index (χ1n) is 19.4. The molecule has 0 bridgehead atoms. The molecule has 298 valence electrons. The number of rotatable bonds is 15. The quantitative estimate of drug-likeness (QED) is 0.0645. The van der Waals surface area contributed by atoms with E-state index >= 15 is 4.79 Å². The lowest BCUT2D eigenvalue weighted by Gasteiger charge is -2.42. The highest BCUT2D eigenvalue weighted by molar-refractivity contribution is 5.93. The number of alkyl halides is 3. The molecular formula is C43H50F4N6O3. The Morgan fingerprint density at radius 3 is 2.21 bits per heavy atom. The number of aromatic nitrogens is 2. The van der Waals surface area contributed by atoms with Crippen LogP contribution >= 0.6 is 0 Å². The Hall–Kier alpha value is -5.20. The van der Waals surface area contributed by atoms with Crippen LogP contribution in [-0.4, -0.2) is 45.4 Å². The second kappa shape index (κ2) is 16.9. The zero-order valence-corrected chi connectivity index (χ0v) is 32.2. The van der Waals surface area contributed by atoms with E-state index in [0.29, 0.717) is 35.2 Å². The molecule has 6 rings (SSSR count). The number of nitrogens with zero attached hydrogens (tertiary/aromatic N) is 1. The first-order chi connectivity index (χ1) is 26.7. The predicted octanol–water partition coefficient (Wildman–Crippen LogP) is 7.21. The molecule has 13 heteroatoms. The molecule has 0 radical (unpaired) electrons. The number of amides is 3. The van der Waals surface area contributed by atoms with Crippen molar-refractivity contribution < 1.29 is 31.9 Å². The summed E-state index contributed by atoms with van der Waals surface area (Å²) in [6, 6.07) is 13.1. The zero-order valence-electron chi connectivity index (χ0n) is 32.2. The van der Waals surface area contributed by atoms with E-state index in [0.717, 1.165) is 30.0 Å². The minimum Gasteiger partial charge on any atom is -0.373 e. The molecule has 1 saturated carbocycles. The Morgan fingerprint density at radius 1 is 0.857 bits per heavy atom. The third-order valence-electron chi connectivity index (χ3n) is 11.4. The summed E-state index contributed by atoms with van der Waals surface area (Å²) < 4.78 is 57.2. The van der Waals surface area contributed by atoms with Crippen molar-refractivity contribution in [1.29, 1.82) is 0 Å². The van der Waals surface area contributed by atoms with Gasteiger partial charge in [-0.3, -0.25) is 19.4 Å². The minimum atomic E-state index is -4.59. The summed E-state index contributed by atoms with van der Waals surface area (Å²) in [7, 11) is 0. The van der Waals surface area contributed by atoms with Gasteiger partial charge in [-0.25, -0.2) is 4.39 Å². The monoisotopic (exact) mass is 774 g/mol. The zero-order chi connectivity index (χ0) is 40.2. The predicted molar refractivity (Wildman–Crippen MR) is 206 cm³/mol. The molecule has 2 aromatic heterocycles. The maximum Gasteiger partial charge on any atom is 0.418 e. The summed E-state index contributed by atoms with van der Waals surface area (Å²) in [5.41, 5.74) is 1.78. The molecule has 2 heterocycles. The molecule has 1 fully saturated rings. The Balaban J connectivity index is 1.37. The second-order valence-electron chi connectivity index (χ2n) is 15.3. The summed E-state index contributed by atoms with van der Waals surface area (Å²) in [6.07, 6.45) is 1.07. The first-order valence-corrected chi connectivity index (χ1v) is 19.4. The van der Waals surface area contributed by atoms with Crippen molar-refractivity contribution in [3.05, 3.63) is 112 Å². The summed E-state index contributed by atoms with van der Waals surface area (Å²) in [6.45, 7) is 7.89. The van der Waals surface area contributed by atoms with Gasteiger partial charge in [-0.05, 0) is 90.5 Å². The average molecular weight is 775 g/mol. The number of nitrogens with one attached hydrogen (secondary N) is 5. The topological polar surface area (TPSA) is 128 Å². The molecule has 0 saturated heterocycles. The molecule has 2 aromatic carbocycles. The highest BCUT2D eigenvalue weighted by Crippen LogP contribution is 2.42. The number of allylic oxidation sites excluding steroid dienone is 1. The van der Waals surface area contributed by atoms with E-state index < -0.39 is 41.2 Å². The van der Waals surface area contributed by atoms with Crippen molar-refractivity contribution in [2.75, 3.05) is 0 Å². The molecule has 1 unspecified atom stereocenters. The molecule has 2 aliphatic rings. The van der Waals surface area contributed by atoms with Gasteiger partial charge in [0.15, 0.2) is 0 Å². The fourth-order valence-corrected chi connectivity index (χ4v) is 7.56. The minimum absolute atomic E-state index is 0.0271. The van der Waals surface area contributed by atoms with E-state index in [9.17, 15) is 27.2 Å². The van der Waals surface area contributed by atoms with Gasteiger partial charge in [-0.15, -0.1) is 0 Å². The molecule has 9 nitrogen and oxygen atoms in total. The van der Waals surface area contributed by atoms with E-state index in [2.05, 4.69) is 31.2 Å². The van der Waals surface area contributed by atoms with Gasteiger partial charge in [0.05, 0.1) is 30.0 Å². The number of H-pyrrole nitrogens is 1. The number of benzene rings is 2. The van der Waals surface area contributed by atoms with Crippen LogP contribution in [0.25, 0.3) is 10.9 Å². The highest BCUT2D eigenvalue weighted by Gasteiger charge is 2.47. The van der Waals surface area contributed by atoms with Crippen LogP contribution in [0.15, 0.2) is 78.3 Å². The van der Waals surface area contributed by atoms with Gasteiger partial charge in [0.1, 0.15) is 17.5 Å². The number of pyridine rings is 1. The van der Waals surface area contributed by atoms with Gasteiger partial charge in [-0.2, -0.15) is 13.2 Å². The molecule has 5 atom stereocenters. The Kier molecular flexibility index (Phi) is 12.2. The van der Waals surface area contributed by atoms with Gasteiger partial charge >= 0.3 is 6.18 Å². The maximum absolute atomic E-state index is 15.1. The van der Waals surface area contributed by atoms with Gasteiger partial charge in [0.25, 0.3) is 0 Å². The van der Waals surface area contributed by atoms with Crippen LogP contribution in [0.2, 0.25) is 0 Å². The van der Waals surface area contributed by atoms with Crippen LogP contribution < -0.4 is 21.3 Å². The van der Waals surface area contributed by atoms with E-state index in [-0.39, 0.29) is 66.8 Å². The Bertz CT molecular complexity index is 2090. The lowest BCUT2D eigenvalue weighted by Crippen LogP contribution is -2.65. The van der Waals surface area contributed by atoms with Crippen molar-refractivity contribution in [2.24, 2.45) is 11.8 Å². The van der Waals surface area contributed by atoms with Crippen molar-refractivity contribution in [3.8, 4) is 0 Å². The maximum atomic E-state index is 15.1. The Labute approximate surface area is 324 Å². The molecule has 56 heavy (non-hydrogen) atoms. The summed E-state index contributed by atoms with van der Waals surface area (Å²) in [5, 5.41) is 13.3. The molecular weight excluding hydrogens is 725 g/mol. The van der Waals surface area contributed by atoms with Crippen LogP contribution in [0.1, 0.15) is 87.7 Å². The second-order valence-corrected chi connectivity index (χ2v) is 15.3. The normalized spacial score (nSPS) is 18.6. The third kappa shape index (κ3) is 9.08. The van der Waals surface area contributed by atoms with Crippen molar-refractivity contribution in [1.82, 2.24) is 31.2 Å². The number of fused-ring (bicyclic) bond motifs is 3. The standard InChI is InChI=1S/C43H50F4N6O3/c1-5-25(3)37(50-36(55)23-29-10-7-8-13-33(29)44)38(28-14-15-28)53-42(19-16-34-31(24-42)30-11-9-12-32(39(30)49-34)43(45,46)47)41(56)52-40(26(4)6-2)51-35(54)22-27-17-20-48-21-18-27/h7-13,17-18,20-21,25-26,37,40,49,53H,5-6,14-16,19,22-24H2,1-4H3,(H,50,55)(H,51,54)(H,52,56)/t25?,26-,37-,40-,42+/m0/s1. The molecule has 0 aliphatic heterocycles. The third-order valence-corrected chi connectivity index (χ3v) is 11.4. The number of carbonyl (C=O) groups is 3. The van der Waals surface area contributed by atoms with Gasteiger partial charge < -0.3 is 26.3 Å². The van der Waals surface area contributed by atoms with Gasteiger partial charge in [0, 0.05) is 35.6 Å². The molecule has 3 amide bonds. The lowest BCUT2D eigenvalue weighted by atomic mass is 9.77. The van der Waals surface area contributed by atoms with Crippen molar-refractivity contribution in [3.63, 3.8) is 0 Å². The number of aryl methyl sites for hydroxylation is 1. The average Bonchev–Trinajstić information content (AvgIpc) is 3.96. The number of carbonyl (C=O) groups excluding carboxylic acids is 3. The summed E-state index contributed by atoms with van der Waals surface area (Å²) in [4.78, 5) is 49.0. The van der Waals surface area contributed by atoms with Gasteiger partial charge in [0.2, 0.25) is 17.7 Å². The molecule has 0 spiro atoms. The number of hydrogen-bond acceptors (Lipinski definition) is 5. The van der Waals surface area contributed by atoms with Crippen LogP contribution in [0.4, 0.5) is 17.6 Å². The highest BCUT2D eigenvalue weighted by atomic mass is 19.4. The molecule has 5 N–H and O–H groups in total. The molecule has 4 aromatic rings.